The normalized spacial score (nSPS) is 19.2. The minimum Gasteiger partial charge on any atom is -0.507 e. The first-order valence-corrected chi connectivity index (χ1v) is 15.4. The van der Waals surface area contributed by atoms with Crippen LogP contribution in [0.25, 0.3) is 21.5 Å². The Morgan fingerprint density at radius 2 is 1.07 bits per heavy atom. The van der Waals surface area contributed by atoms with Gasteiger partial charge in [0.05, 0.1) is 11.4 Å². The highest BCUT2D eigenvalue weighted by Crippen LogP contribution is 2.48. The van der Waals surface area contributed by atoms with Crippen LogP contribution >= 0.6 is 23.2 Å². The van der Waals surface area contributed by atoms with E-state index in [1.165, 1.54) is 0 Å². The van der Waals surface area contributed by atoms with E-state index < -0.39 is 0 Å². The van der Waals surface area contributed by atoms with Crippen molar-refractivity contribution in [2.45, 2.75) is 62.1 Å². The lowest BCUT2D eigenvalue weighted by molar-refractivity contribution is -0.120. The molecule has 0 bridgehead atoms. The fourth-order valence-electron chi connectivity index (χ4n) is 6.77. The van der Waals surface area contributed by atoms with E-state index in [1.807, 2.05) is 62.4 Å². The molecule has 0 saturated carbocycles. The van der Waals surface area contributed by atoms with E-state index in [9.17, 15) is 19.8 Å². The standard InChI is InChI=1S/C34H34Cl2N2O4/c1-19(35)25-17-37(27-15-29(39)21-9-3-5-11-23(21)33(25)27)31(41)13-7-8-14-32(42)38-18-26(20(2)36)34-24-12-6-4-10-22(24)30(40)16-28(34)38/h3-6,9-12,15-16,19-20,25-26,39-40H,7-8,13-14,17-18H2,1-2H3/t19-,20-,25+,26+/m1/s1. The smallest absolute Gasteiger partial charge is 0.227 e. The summed E-state index contributed by atoms with van der Waals surface area (Å²) in [6.45, 7) is 4.80. The molecule has 0 saturated heterocycles. The molecule has 4 atom stereocenters. The monoisotopic (exact) mass is 604 g/mol. The SMILES string of the molecule is C[C@@H](Cl)[C@@H]1CN(C(=O)CCCCC(=O)N2C[C@@H]([C@@H](C)Cl)c3c2cc(O)c2ccccc32)c2cc(O)c3ccccc3c21. The number of fused-ring (bicyclic) bond motifs is 6. The molecule has 2 heterocycles. The van der Waals surface area contributed by atoms with E-state index in [0.29, 0.717) is 37.3 Å². The number of halogens is 2. The number of hydrogen-bond acceptors (Lipinski definition) is 4. The summed E-state index contributed by atoms with van der Waals surface area (Å²) in [6.07, 6.45) is 1.67. The lowest BCUT2D eigenvalue weighted by Crippen LogP contribution is -2.31. The van der Waals surface area contributed by atoms with Gasteiger partial charge in [0.25, 0.3) is 0 Å². The number of amides is 2. The zero-order valence-electron chi connectivity index (χ0n) is 23.7. The number of alkyl halides is 2. The lowest BCUT2D eigenvalue weighted by atomic mass is 9.92. The Morgan fingerprint density at radius 1 is 0.714 bits per heavy atom. The highest BCUT2D eigenvalue weighted by Gasteiger charge is 2.38. The Balaban J connectivity index is 1.15. The maximum atomic E-state index is 13.4. The summed E-state index contributed by atoms with van der Waals surface area (Å²) >= 11 is 13.2. The summed E-state index contributed by atoms with van der Waals surface area (Å²) < 4.78 is 0. The molecule has 0 aliphatic carbocycles. The molecule has 0 unspecified atom stereocenters. The third-order valence-corrected chi connectivity index (χ3v) is 9.52. The Morgan fingerprint density at radius 3 is 1.43 bits per heavy atom. The predicted octanol–water partition coefficient (Wildman–Crippen LogP) is 7.78. The summed E-state index contributed by atoms with van der Waals surface area (Å²) in [7, 11) is 0. The van der Waals surface area contributed by atoms with E-state index in [1.54, 1.807) is 21.9 Å². The summed E-state index contributed by atoms with van der Waals surface area (Å²) in [6, 6.07) is 18.7. The van der Waals surface area contributed by atoms with Crippen LogP contribution in [0, 0.1) is 0 Å². The second kappa shape index (κ2) is 11.3. The fraction of sp³-hybridized carbons (Fsp3) is 0.353. The van der Waals surface area contributed by atoms with Crippen molar-refractivity contribution >= 4 is 67.9 Å². The molecular formula is C34H34Cl2N2O4. The molecule has 2 N–H and O–H groups in total. The number of carbonyl (C=O) groups is 2. The van der Waals surface area contributed by atoms with Gasteiger partial charge in [-0.15, -0.1) is 23.2 Å². The zero-order valence-corrected chi connectivity index (χ0v) is 25.2. The van der Waals surface area contributed by atoms with Crippen LogP contribution in [-0.4, -0.2) is 45.9 Å². The van der Waals surface area contributed by atoms with Crippen LogP contribution in [0.15, 0.2) is 60.7 Å². The number of anilines is 2. The maximum absolute atomic E-state index is 13.4. The Hall–Kier alpha value is -3.48. The molecule has 0 spiro atoms. The second-order valence-corrected chi connectivity index (χ2v) is 12.9. The van der Waals surface area contributed by atoms with Crippen LogP contribution in [0.3, 0.4) is 0 Å². The number of hydrogen-bond donors (Lipinski definition) is 2. The van der Waals surface area contributed by atoms with Gasteiger partial charge in [0.1, 0.15) is 11.5 Å². The van der Waals surface area contributed by atoms with Gasteiger partial charge in [-0.05, 0) is 48.6 Å². The van der Waals surface area contributed by atoms with Crippen molar-refractivity contribution in [1.82, 2.24) is 0 Å². The van der Waals surface area contributed by atoms with Gasteiger partial charge in [-0.25, -0.2) is 0 Å². The predicted molar refractivity (Wildman–Crippen MR) is 171 cm³/mol. The first-order chi connectivity index (χ1) is 20.2. The van der Waals surface area contributed by atoms with Crippen molar-refractivity contribution in [3.05, 3.63) is 71.8 Å². The molecule has 4 aromatic carbocycles. The van der Waals surface area contributed by atoms with Gasteiger partial charge < -0.3 is 20.0 Å². The zero-order chi connectivity index (χ0) is 29.7. The first kappa shape index (κ1) is 28.6. The van der Waals surface area contributed by atoms with Crippen molar-refractivity contribution in [3.63, 3.8) is 0 Å². The number of carbonyl (C=O) groups excluding carboxylic acids is 2. The number of phenols is 2. The molecule has 42 heavy (non-hydrogen) atoms. The number of rotatable bonds is 7. The Labute approximate surface area is 255 Å². The molecule has 6 nitrogen and oxygen atoms in total. The highest BCUT2D eigenvalue weighted by molar-refractivity contribution is 6.22. The van der Waals surface area contributed by atoms with Crippen molar-refractivity contribution in [2.24, 2.45) is 0 Å². The average molecular weight is 606 g/mol. The summed E-state index contributed by atoms with van der Waals surface area (Å²) in [5.74, 6) is 0.111. The number of aromatic hydroxyl groups is 2. The van der Waals surface area contributed by atoms with E-state index in [4.69, 9.17) is 23.2 Å². The van der Waals surface area contributed by atoms with Crippen LogP contribution in [0.2, 0.25) is 0 Å². The lowest BCUT2D eigenvalue weighted by Gasteiger charge is -2.20. The molecule has 4 aromatic rings. The van der Waals surface area contributed by atoms with E-state index >= 15 is 0 Å². The van der Waals surface area contributed by atoms with Gasteiger partial charge in [-0.3, -0.25) is 9.59 Å². The number of unbranched alkanes of at least 4 members (excludes halogenated alkanes) is 1. The quantitative estimate of drug-likeness (QED) is 0.167. The maximum Gasteiger partial charge on any atom is 0.227 e. The Bertz CT molecular complexity index is 1580. The van der Waals surface area contributed by atoms with Gasteiger partial charge in [-0.2, -0.15) is 0 Å². The van der Waals surface area contributed by atoms with Gasteiger partial charge in [-0.1, -0.05) is 48.5 Å². The van der Waals surface area contributed by atoms with Crippen molar-refractivity contribution in [1.29, 1.82) is 0 Å². The van der Waals surface area contributed by atoms with Crippen molar-refractivity contribution in [2.75, 3.05) is 22.9 Å². The third-order valence-electron chi connectivity index (χ3n) is 8.91. The van der Waals surface area contributed by atoms with E-state index in [2.05, 4.69) is 0 Å². The van der Waals surface area contributed by atoms with Crippen LogP contribution in [0.5, 0.6) is 11.5 Å². The summed E-state index contributed by atoms with van der Waals surface area (Å²) in [5, 5.41) is 24.4. The van der Waals surface area contributed by atoms with E-state index in [-0.39, 0.29) is 58.7 Å². The minimum absolute atomic E-state index is 0.0438. The van der Waals surface area contributed by atoms with Gasteiger partial charge in [0.15, 0.2) is 0 Å². The summed E-state index contributed by atoms with van der Waals surface area (Å²) in [5.41, 5.74) is 3.43. The number of phenolic OH excluding ortho intramolecular Hbond substituents is 2. The molecular weight excluding hydrogens is 571 g/mol. The van der Waals surface area contributed by atoms with Crippen molar-refractivity contribution in [3.8, 4) is 11.5 Å². The molecule has 0 radical (unpaired) electrons. The third kappa shape index (κ3) is 4.84. The molecule has 6 rings (SSSR count). The first-order valence-electron chi connectivity index (χ1n) is 14.6. The molecule has 218 valence electrons. The molecule has 2 amide bonds. The van der Waals surface area contributed by atoms with Gasteiger partial charge >= 0.3 is 0 Å². The number of benzene rings is 4. The highest BCUT2D eigenvalue weighted by atomic mass is 35.5. The van der Waals surface area contributed by atoms with Crippen molar-refractivity contribution < 1.29 is 19.8 Å². The topological polar surface area (TPSA) is 81.1 Å². The fourth-order valence-corrected chi connectivity index (χ4v) is 7.18. The molecule has 2 aliphatic heterocycles. The van der Waals surface area contributed by atoms with Crippen LogP contribution in [0.1, 0.15) is 62.5 Å². The average Bonchev–Trinajstić information content (AvgIpc) is 3.55. The molecule has 0 aromatic heterocycles. The Kier molecular flexibility index (Phi) is 7.71. The molecule has 0 fully saturated rings. The van der Waals surface area contributed by atoms with E-state index in [0.717, 1.165) is 32.7 Å². The molecule has 8 heteroatoms. The van der Waals surface area contributed by atoms with Crippen LogP contribution in [0.4, 0.5) is 11.4 Å². The van der Waals surface area contributed by atoms with Gasteiger partial charge in [0, 0.05) is 71.4 Å². The minimum atomic E-state index is -0.188. The van der Waals surface area contributed by atoms with Gasteiger partial charge in [0.2, 0.25) is 11.8 Å². The second-order valence-electron chi connectivity index (χ2n) is 11.5. The largest absolute Gasteiger partial charge is 0.507 e. The summed E-state index contributed by atoms with van der Waals surface area (Å²) in [4.78, 5) is 30.3. The molecule has 2 aliphatic rings. The number of nitrogens with zero attached hydrogens (tertiary/aromatic N) is 2. The van der Waals surface area contributed by atoms with Crippen LogP contribution in [-0.2, 0) is 9.59 Å². The van der Waals surface area contributed by atoms with Crippen LogP contribution < -0.4 is 9.80 Å².